The third-order valence-electron chi connectivity index (χ3n) is 2.34. The Labute approximate surface area is 102 Å². The van der Waals surface area contributed by atoms with Crippen LogP contribution >= 0.6 is 22.9 Å². The van der Waals surface area contributed by atoms with Crippen molar-refractivity contribution in [2.45, 2.75) is 6.42 Å². The monoisotopic (exact) mass is 311 g/mol. The van der Waals surface area contributed by atoms with Crippen molar-refractivity contribution in [2.24, 2.45) is 0 Å². The first-order valence-corrected chi connectivity index (χ1v) is 5.75. The average Bonchev–Trinajstić information content (AvgIpc) is 2.29. The lowest BCUT2D eigenvalue weighted by Crippen LogP contribution is -2.14. The van der Waals surface area contributed by atoms with Crippen molar-refractivity contribution in [1.82, 2.24) is 3.53 Å². The summed E-state index contributed by atoms with van der Waals surface area (Å²) in [6.07, 6.45) is 0.435. The molecule has 0 aliphatic carbocycles. The highest BCUT2D eigenvalue weighted by molar-refractivity contribution is 14.1. The predicted octanol–water partition coefficient (Wildman–Crippen LogP) is 2.85. The largest absolute Gasteiger partial charge is 0.299 e. The number of hydrogen-bond acceptors (Lipinski definition) is 1. The molecular weight excluding hydrogens is 301 g/mol. The summed E-state index contributed by atoms with van der Waals surface area (Å²) >= 11 is 1.86. The Morgan fingerprint density at radius 2 is 1.87 bits per heavy atom. The van der Waals surface area contributed by atoms with Crippen molar-refractivity contribution >= 4 is 39.5 Å². The second-order valence-corrected chi connectivity index (χ2v) is 3.87. The van der Waals surface area contributed by atoms with Crippen LogP contribution in [0.1, 0.15) is 5.56 Å². The van der Waals surface area contributed by atoms with Gasteiger partial charge in [-0.15, -0.1) is 0 Å². The molecule has 0 atom stereocenters. The minimum atomic E-state index is 0.0342. The van der Waals surface area contributed by atoms with E-state index in [1.165, 1.54) is 5.39 Å². The molecule has 0 saturated heterocycles. The Bertz CT molecular complexity index is 490. The van der Waals surface area contributed by atoms with Gasteiger partial charge in [0.05, 0.1) is 29.3 Å². The van der Waals surface area contributed by atoms with Crippen LogP contribution in [-0.4, -0.2) is 5.91 Å². The van der Waals surface area contributed by atoms with Crippen LogP contribution in [0.2, 0.25) is 0 Å². The lowest BCUT2D eigenvalue weighted by Gasteiger charge is -2.04. The van der Waals surface area contributed by atoms with Gasteiger partial charge in [0.15, 0.2) is 0 Å². The zero-order chi connectivity index (χ0) is 10.7. The topological polar surface area (TPSA) is 29.1 Å². The van der Waals surface area contributed by atoms with Gasteiger partial charge in [-0.25, -0.2) is 0 Å². The maximum Gasteiger partial charge on any atom is 0.233 e. The normalized spacial score (nSPS) is 10.2. The van der Waals surface area contributed by atoms with Gasteiger partial charge in [0, 0.05) is 0 Å². The van der Waals surface area contributed by atoms with E-state index in [1.807, 2.05) is 53.2 Å². The number of nitrogens with one attached hydrogen (secondary N) is 1. The van der Waals surface area contributed by atoms with Gasteiger partial charge in [-0.05, 0) is 16.3 Å². The van der Waals surface area contributed by atoms with Gasteiger partial charge in [-0.3, -0.25) is 8.32 Å². The third-order valence-corrected chi connectivity index (χ3v) is 2.94. The van der Waals surface area contributed by atoms with E-state index in [2.05, 4.69) is 15.7 Å². The maximum atomic E-state index is 11.3. The molecule has 3 heteroatoms. The summed E-state index contributed by atoms with van der Waals surface area (Å²) in [6.45, 7) is 0. The van der Waals surface area contributed by atoms with Gasteiger partial charge in [-0.2, -0.15) is 0 Å². The number of rotatable bonds is 2. The molecule has 0 spiro atoms. The van der Waals surface area contributed by atoms with Crippen LogP contribution < -0.4 is 3.53 Å². The fraction of sp³-hybridized carbons (Fsp3) is 0.0833. The number of hydrogen-bond donors (Lipinski definition) is 1. The summed E-state index contributed by atoms with van der Waals surface area (Å²) in [5, 5.41) is 2.33. The van der Waals surface area contributed by atoms with E-state index in [0.717, 1.165) is 10.9 Å². The van der Waals surface area contributed by atoms with Crippen LogP contribution in [0.25, 0.3) is 10.8 Å². The summed E-state index contributed by atoms with van der Waals surface area (Å²) in [4.78, 5) is 11.3. The van der Waals surface area contributed by atoms with Gasteiger partial charge in [0.1, 0.15) is 0 Å². The van der Waals surface area contributed by atoms with Crippen molar-refractivity contribution in [3.63, 3.8) is 0 Å². The first-order valence-electron chi connectivity index (χ1n) is 4.67. The van der Waals surface area contributed by atoms with Crippen molar-refractivity contribution in [3.8, 4) is 0 Å². The van der Waals surface area contributed by atoms with Gasteiger partial charge >= 0.3 is 0 Å². The number of benzene rings is 2. The zero-order valence-corrected chi connectivity index (χ0v) is 10.2. The molecule has 15 heavy (non-hydrogen) atoms. The van der Waals surface area contributed by atoms with Crippen LogP contribution in [0.4, 0.5) is 0 Å². The fourth-order valence-electron chi connectivity index (χ4n) is 1.65. The summed E-state index contributed by atoms with van der Waals surface area (Å²) in [7, 11) is 0. The molecule has 0 radical (unpaired) electrons. The summed E-state index contributed by atoms with van der Waals surface area (Å²) < 4.78 is 2.61. The number of fused-ring (bicyclic) bond motifs is 1. The minimum absolute atomic E-state index is 0.0342. The molecule has 0 aliphatic rings. The van der Waals surface area contributed by atoms with E-state index < -0.39 is 0 Å². The molecule has 0 saturated carbocycles. The molecule has 0 heterocycles. The molecule has 0 fully saturated rings. The number of carbonyl (C=O) groups is 1. The molecule has 1 N–H and O–H groups in total. The quantitative estimate of drug-likeness (QED) is 0.671. The van der Waals surface area contributed by atoms with Crippen molar-refractivity contribution in [1.29, 1.82) is 0 Å². The molecule has 0 aliphatic heterocycles. The lowest BCUT2D eigenvalue weighted by atomic mass is 10.0. The second kappa shape index (κ2) is 4.61. The highest BCUT2D eigenvalue weighted by Gasteiger charge is 2.04. The van der Waals surface area contributed by atoms with Gasteiger partial charge < -0.3 is 0 Å². The van der Waals surface area contributed by atoms with E-state index >= 15 is 0 Å². The third kappa shape index (κ3) is 2.28. The molecule has 2 aromatic rings. The molecule has 76 valence electrons. The molecule has 0 bridgehead atoms. The highest BCUT2D eigenvalue weighted by Crippen LogP contribution is 2.18. The molecule has 0 unspecified atom stereocenters. The standard InChI is InChI=1S/C12H10INO/c13-14-12(15)8-10-6-3-5-9-4-1-2-7-11(9)10/h1-7H,8H2,(H,14,15). The summed E-state index contributed by atoms with van der Waals surface area (Å²) in [6, 6.07) is 14.1. The first kappa shape index (κ1) is 10.4. The Kier molecular flexibility index (Phi) is 3.20. The SMILES string of the molecule is O=C(Cc1cccc2ccccc12)NI. The van der Waals surface area contributed by atoms with E-state index in [1.54, 1.807) is 0 Å². The smallest absolute Gasteiger partial charge is 0.233 e. The average molecular weight is 311 g/mol. The van der Waals surface area contributed by atoms with E-state index in [0.29, 0.717) is 6.42 Å². The molecule has 2 aromatic carbocycles. The second-order valence-electron chi connectivity index (χ2n) is 3.33. The van der Waals surface area contributed by atoms with E-state index in [-0.39, 0.29) is 5.91 Å². The molecule has 1 amide bonds. The maximum absolute atomic E-state index is 11.3. The van der Waals surface area contributed by atoms with Crippen molar-refractivity contribution in [3.05, 3.63) is 48.0 Å². The molecule has 0 aromatic heterocycles. The van der Waals surface area contributed by atoms with Crippen LogP contribution in [0.15, 0.2) is 42.5 Å². The van der Waals surface area contributed by atoms with Crippen LogP contribution in [-0.2, 0) is 11.2 Å². The van der Waals surface area contributed by atoms with Crippen LogP contribution in [0.5, 0.6) is 0 Å². The predicted molar refractivity (Wildman–Crippen MR) is 69.8 cm³/mol. The van der Waals surface area contributed by atoms with Crippen LogP contribution in [0.3, 0.4) is 0 Å². The van der Waals surface area contributed by atoms with Crippen LogP contribution in [0, 0.1) is 0 Å². The molecule has 2 rings (SSSR count). The number of carbonyl (C=O) groups excluding carboxylic acids is 1. The van der Waals surface area contributed by atoms with Gasteiger partial charge in [-0.1, -0.05) is 42.5 Å². The Balaban J connectivity index is 2.46. The Hall–Kier alpha value is -1.10. The Morgan fingerprint density at radius 1 is 1.13 bits per heavy atom. The first-order chi connectivity index (χ1) is 7.31. The zero-order valence-electron chi connectivity index (χ0n) is 8.03. The van der Waals surface area contributed by atoms with Crippen molar-refractivity contribution in [2.75, 3.05) is 0 Å². The lowest BCUT2D eigenvalue weighted by molar-refractivity contribution is -0.118. The number of amides is 1. The van der Waals surface area contributed by atoms with Gasteiger partial charge in [0.2, 0.25) is 5.91 Å². The molecular formula is C12H10INO. The minimum Gasteiger partial charge on any atom is -0.299 e. The molecule has 2 nitrogen and oxygen atoms in total. The van der Waals surface area contributed by atoms with E-state index in [9.17, 15) is 4.79 Å². The Morgan fingerprint density at radius 3 is 2.67 bits per heavy atom. The number of halogens is 1. The summed E-state index contributed by atoms with van der Waals surface area (Å²) in [5.74, 6) is 0.0342. The van der Waals surface area contributed by atoms with E-state index in [4.69, 9.17) is 0 Å². The van der Waals surface area contributed by atoms with Gasteiger partial charge in [0.25, 0.3) is 0 Å². The highest BCUT2D eigenvalue weighted by atomic mass is 127. The van der Waals surface area contributed by atoms with Crippen molar-refractivity contribution < 1.29 is 4.79 Å². The summed E-state index contributed by atoms with van der Waals surface area (Å²) in [5.41, 5.74) is 1.07. The fourth-order valence-corrected chi connectivity index (χ4v) is 1.84.